The maximum absolute atomic E-state index is 11.3. The van der Waals surface area contributed by atoms with E-state index in [1.807, 2.05) is 0 Å². The predicted molar refractivity (Wildman–Crippen MR) is 54.3 cm³/mol. The van der Waals surface area contributed by atoms with Crippen molar-refractivity contribution in [2.45, 2.75) is 38.1 Å². The summed E-state index contributed by atoms with van der Waals surface area (Å²) in [7, 11) is 0. The van der Waals surface area contributed by atoms with Gasteiger partial charge in [0.25, 0.3) is 0 Å². The quantitative estimate of drug-likeness (QED) is 0.450. The molecule has 5 nitrogen and oxygen atoms in total. The molecule has 0 bridgehead atoms. The normalized spacial score (nSPS) is 12.4. The van der Waals surface area contributed by atoms with Crippen molar-refractivity contribution in [1.82, 2.24) is 0 Å². The summed E-state index contributed by atoms with van der Waals surface area (Å²) in [6, 6.07) is -0.471. The summed E-state index contributed by atoms with van der Waals surface area (Å²) < 4.78 is 0. The molecule has 0 aromatic rings. The molecule has 0 saturated heterocycles. The number of rotatable bonds is 8. The molecule has 0 aromatic heterocycles. The standard InChI is InChI=1S/C9H19N3O2/c10-6-2-1-3-7(11)8(13)4-5-9(12)14/h7H,1-6,10-11H2,(H2,12,14). The van der Waals surface area contributed by atoms with Crippen LogP contribution in [-0.4, -0.2) is 24.3 Å². The Labute approximate surface area is 84.0 Å². The van der Waals surface area contributed by atoms with E-state index in [9.17, 15) is 9.59 Å². The maximum atomic E-state index is 11.3. The van der Waals surface area contributed by atoms with Crippen LogP contribution >= 0.6 is 0 Å². The zero-order valence-corrected chi connectivity index (χ0v) is 8.37. The molecule has 6 N–H and O–H groups in total. The van der Waals surface area contributed by atoms with Gasteiger partial charge in [-0.15, -0.1) is 0 Å². The van der Waals surface area contributed by atoms with E-state index in [1.165, 1.54) is 0 Å². The van der Waals surface area contributed by atoms with Crippen LogP contribution in [0.5, 0.6) is 0 Å². The molecule has 5 heteroatoms. The number of carbonyl (C=O) groups is 2. The Balaban J connectivity index is 3.59. The van der Waals surface area contributed by atoms with Gasteiger partial charge < -0.3 is 17.2 Å². The maximum Gasteiger partial charge on any atom is 0.217 e. The van der Waals surface area contributed by atoms with Crippen molar-refractivity contribution in [1.29, 1.82) is 0 Å². The van der Waals surface area contributed by atoms with Gasteiger partial charge in [-0.3, -0.25) is 9.59 Å². The third-order valence-electron chi connectivity index (χ3n) is 2.00. The lowest BCUT2D eigenvalue weighted by Gasteiger charge is -2.08. The molecule has 0 radical (unpaired) electrons. The average Bonchev–Trinajstić information content (AvgIpc) is 2.14. The lowest BCUT2D eigenvalue weighted by atomic mass is 10.0. The van der Waals surface area contributed by atoms with Gasteiger partial charge in [0.2, 0.25) is 5.91 Å². The van der Waals surface area contributed by atoms with Crippen LogP contribution in [0.2, 0.25) is 0 Å². The van der Waals surface area contributed by atoms with E-state index in [0.717, 1.165) is 12.8 Å². The molecule has 14 heavy (non-hydrogen) atoms. The van der Waals surface area contributed by atoms with Crippen LogP contribution in [0.25, 0.3) is 0 Å². The Kier molecular flexibility index (Phi) is 6.96. The monoisotopic (exact) mass is 201 g/mol. The van der Waals surface area contributed by atoms with Crippen LogP contribution < -0.4 is 17.2 Å². The van der Waals surface area contributed by atoms with Gasteiger partial charge in [-0.25, -0.2) is 0 Å². The van der Waals surface area contributed by atoms with Gasteiger partial charge in [0.05, 0.1) is 6.04 Å². The van der Waals surface area contributed by atoms with Gasteiger partial charge in [0.1, 0.15) is 5.78 Å². The fourth-order valence-electron chi connectivity index (χ4n) is 1.10. The van der Waals surface area contributed by atoms with Crippen molar-refractivity contribution < 1.29 is 9.59 Å². The second kappa shape index (κ2) is 7.46. The molecular formula is C9H19N3O2. The van der Waals surface area contributed by atoms with Crippen molar-refractivity contribution >= 4 is 11.7 Å². The Hall–Kier alpha value is -0.940. The minimum Gasteiger partial charge on any atom is -0.370 e. The van der Waals surface area contributed by atoms with Gasteiger partial charge >= 0.3 is 0 Å². The molecule has 1 atom stereocenters. The van der Waals surface area contributed by atoms with E-state index < -0.39 is 11.9 Å². The number of hydrogen-bond donors (Lipinski definition) is 3. The van der Waals surface area contributed by atoms with E-state index in [4.69, 9.17) is 17.2 Å². The second-order valence-electron chi connectivity index (χ2n) is 3.32. The summed E-state index contributed by atoms with van der Waals surface area (Å²) in [6.45, 7) is 0.613. The van der Waals surface area contributed by atoms with E-state index in [1.54, 1.807) is 0 Å². The molecule has 0 aliphatic carbocycles. The van der Waals surface area contributed by atoms with E-state index in [0.29, 0.717) is 13.0 Å². The molecule has 0 aliphatic heterocycles. The number of ketones is 1. The minimum absolute atomic E-state index is 0.0867. The van der Waals surface area contributed by atoms with Crippen molar-refractivity contribution in [2.24, 2.45) is 17.2 Å². The minimum atomic E-state index is -0.471. The van der Waals surface area contributed by atoms with Gasteiger partial charge in [0, 0.05) is 12.8 Å². The summed E-state index contributed by atoms with van der Waals surface area (Å²) in [4.78, 5) is 21.7. The third kappa shape index (κ3) is 6.56. The fourth-order valence-corrected chi connectivity index (χ4v) is 1.10. The molecule has 1 unspecified atom stereocenters. The Morgan fingerprint density at radius 2 is 1.79 bits per heavy atom. The van der Waals surface area contributed by atoms with Gasteiger partial charge in [-0.1, -0.05) is 6.42 Å². The molecular weight excluding hydrogens is 182 g/mol. The van der Waals surface area contributed by atoms with Crippen molar-refractivity contribution in [2.75, 3.05) is 6.54 Å². The number of hydrogen-bond acceptors (Lipinski definition) is 4. The lowest BCUT2D eigenvalue weighted by molar-refractivity contribution is -0.124. The molecule has 0 heterocycles. The number of carbonyl (C=O) groups excluding carboxylic acids is 2. The largest absolute Gasteiger partial charge is 0.370 e. The van der Waals surface area contributed by atoms with Gasteiger partial charge in [-0.05, 0) is 19.4 Å². The zero-order valence-electron chi connectivity index (χ0n) is 8.37. The summed E-state index contributed by atoms with van der Waals surface area (Å²) >= 11 is 0. The van der Waals surface area contributed by atoms with Crippen molar-refractivity contribution in [3.8, 4) is 0 Å². The van der Waals surface area contributed by atoms with Crippen LogP contribution in [0.1, 0.15) is 32.1 Å². The number of amides is 1. The fraction of sp³-hybridized carbons (Fsp3) is 0.778. The number of nitrogens with two attached hydrogens (primary N) is 3. The summed E-state index contributed by atoms with van der Waals surface area (Å²) in [5.74, 6) is -0.562. The first-order chi connectivity index (χ1) is 6.57. The highest BCUT2D eigenvalue weighted by Crippen LogP contribution is 2.02. The van der Waals surface area contributed by atoms with Crippen LogP contribution in [-0.2, 0) is 9.59 Å². The summed E-state index contributed by atoms with van der Waals surface area (Å²) in [5, 5.41) is 0. The van der Waals surface area contributed by atoms with Crippen molar-refractivity contribution in [3.63, 3.8) is 0 Å². The highest BCUT2D eigenvalue weighted by Gasteiger charge is 2.13. The lowest BCUT2D eigenvalue weighted by Crippen LogP contribution is -2.31. The Morgan fingerprint density at radius 1 is 1.14 bits per heavy atom. The topological polar surface area (TPSA) is 112 Å². The molecule has 82 valence electrons. The average molecular weight is 201 g/mol. The third-order valence-corrected chi connectivity index (χ3v) is 2.00. The first-order valence-corrected chi connectivity index (χ1v) is 4.84. The predicted octanol–water partition coefficient (Wildman–Crippen LogP) is -0.723. The summed E-state index contributed by atoms with van der Waals surface area (Å²) in [5.41, 5.74) is 15.8. The smallest absolute Gasteiger partial charge is 0.217 e. The van der Waals surface area contributed by atoms with Gasteiger partial charge in [-0.2, -0.15) is 0 Å². The first-order valence-electron chi connectivity index (χ1n) is 4.84. The van der Waals surface area contributed by atoms with E-state index in [-0.39, 0.29) is 18.6 Å². The van der Waals surface area contributed by atoms with Crippen LogP contribution in [0.3, 0.4) is 0 Å². The van der Waals surface area contributed by atoms with Crippen molar-refractivity contribution in [3.05, 3.63) is 0 Å². The van der Waals surface area contributed by atoms with Crippen LogP contribution in [0, 0.1) is 0 Å². The molecule has 0 spiro atoms. The zero-order chi connectivity index (χ0) is 11.0. The number of Topliss-reactive ketones (excluding diaryl/α,β-unsaturated/α-hetero) is 1. The second-order valence-corrected chi connectivity index (χ2v) is 3.32. The Bertz CT molecular complexity index is 194. The van der Waals surface area contributed by atoms with Gasteiger partial charge in [0.15, 0.2) is 0 Å². The molecule has 1 amide bonds. The van der Waals surface area contributed by atoms with E-state index >= 15 is 0 Å². The highest BCUT2D eigenvalue weighted by atomic mass is 16.1. The van der Waals surface area contributed by atoms with Crippen LogP contribution in [0.15, 0.2) is 0 Å². The number of primary amides is 1. The highest BCUT2D eigenvalue weighted by molar-refractivity contribution is 5.87. The molecule has 0 aliphatic rings. The summed E-state index contributed by atoms with van der Waals surface area (Å²) in [6.07, 6.45) is 2.59. The molecule has 0 aromatic carbocycles. The first kappa shape index (κ1) is 13.1. The molecule has 0 rings (SSSR count). The Morgan fingerprint density at radius 3 is 2.29 bits per heavy atom. The number of unbranched alkanes of at least 4 members (excludes halogenated alkanes) is 1. The van der Waals surface area contributed by atoms with Crippen LogP contribution in [0.4, 0.5) is 0 Å². The molecule has 0 fully saturated rings. The SMILES string of the molecule is NCCCCC(N)C(=O)CCC(N)=O. The van der Waals surface area contributed by atoms with E-state index in [2.05, 4.69) is 0 Å². The molecule has 0 saturated carbocycles.